The molecule has 2 atom stereocenters. The Morgan fingerprint density at radius 1 is 1.57 bits per heavy atom. The van der Waals surface area contributed by atoms with Crippen LogP contribution in [0, 0.1) is 12.3 Å². The summed E-state index contributed by atoms with van der Waals surface area (Å²) in [5.74, 6) is 2.64. The van der Waals surface area contributed by atoms with E-state index in [4.69, 9.17) is 18.0 Å². The van der Waals surface area contributed by atoms with Gasteiger partial charge in [0.15, 0.2) is 0 Å². The second-order valence-corrected chi connectivity index (χ2v) is 5.09. The van der Waals surface area contributed by atoms with E-state index in [-0.39, 0.29) is 0 Å². The van der Waals surface area contributed by atoms with Crippen molar-refractivity contribution < 1.29 is 0 Å². The Morgan fingerprint density at radius 3 is 2.79 bits per heavy atom. The van der Waals surface area contributed by atoms with Crippen molar-refractivity contribution in [2.45, 2.75) is 32.4 Å². The molecule has 1 heterocycles. The maximum absolute atomic E-state index is 5.86. The molecule has 0 amide bonds. The lowest BCUT2D eigenvalue weighted by Crippen LogP contribution is -2.27. The Balaban J connectivity index is 2.50. The van der Waals surface area contributed by atoms with Crippen LogP contribution in [0.25, 0.3) is 0 Å². The minimum Gasteiger partial charge on any atom is -0.306 e. The third-order valence-corrected chi connectivity index (χ3v) is 3.39. The maximum Gasteiger partial charge on any atom is 0.0931 e. The number of hydrogen-bond acceptors (Lipinski definition) is 2. The van der Waals surface area contributed by atoms with Crippen molar-refractivity contribution in [2.24, 2.45) is 0 Å². The predicted octanol–water partition coefficient (Wildman–Crippen LogP) is 3.46. The first-order chi connectivity index (χ1) is 6.63. The summed E-state index contributed by atoms with van der Waals surface area (Å²) >= 11 is 7.47. The van der Waals surface area contributed by atoms with Gasteiger partial charge >= 0.3 is 0 Å². The topological polar surface area (TPSA) is 12.0 Å². The predicted molar refractivity (Wildman–Crippen MR) is 63.8 cm³/mol. The van der Waals surface area contributed by atoms with E-state index in [1.807, 2.05) is 12.1 Å². The first kappa shape index (κ1) is 11.6. The Hall–Kier alpha value is -0.490. The van der Waals surface area contributed by atoms with Crippen LogP contribution >= 0.6 is 22.9 Å². The molecule has 76 valence electrons. The van der Waals surface area contributed by atoms with Crippen LogP contribution in [-0.2, 0) is 0 Å². The SMILES string of the molecule is C#CCC(C)NC(C)c1ccc(Cl)s1. The molecular formula is C11H14ClNS. The summed E-state index contributed by atoms with van der Waals surface area (Å²) in [5, 5.41) is 3.42. The fourth-order valence-electron chi connectivity index (χ4n) is 1.31. The molecule has 0 aromatic carbocycles. The van der Waals surface area contributed by atoms with Crippen LogP contribution in [0.3, 0.4) is 0 Å². The van der Waals surface area contributed by atoms with Gasteiger partial charge in [-0.25, -0.2) is 0 Å². The van der Waals surface area contributed by atoms with Crippen LogP contribution in [0.5, 0.6) is 0 Å². The number of rotatable bonds is 4. The summed E-state index contributed by atoms with van der Waals surface area (Å²) in [4.78, 5) is 1.25. The Labute approximate surface area is 94.5 Å². The van der Waals surface area contributed by atoms with E-state index >= 15 is 0 Å². The molecule has 0 fully saturated rings. The van der Waals surface area contributed by atoms with Crippen molar-refractivity contribution in [2.75, 3.05) is 0 Å². The van der Waals surface area contributed by atoms with Gasteiger partial charge in [-0.2, -0.15) is 0 Å². The molecule has 0 bridgehead atoms. The van der Waals surface area contributed by atoms with E-state index in [9.17, 15) is 0 Å². The lowest BCUT2D eigenvalue weighted by atomic mass is 10.2. The molecule has 1 N–H and O–H groups in total. The van der Waals surface area contributed by atoms with E-state index in [0.717, 1.165) is 10.8 Å². The van der Waals surface area contributed by atoms with Crippen LogP contribution < -0.4 is 5.32 Å². The van der Waals surface area contributed by atoms with Gasteiger partial charge in [-0.3, -0.25) is 0 Å². The molecule has 1 rings (SSSR count). The highest BCUT2D eigenvalue weighted by Crippen LogP contribution is 2.26. The molecule has 0 saturated carbocycles. The molecule has 0 saturated heterocycles. The third kappa shape index (κ3) is 3.34. The van der Waals surface area contributed by atoms with E-state index in [2.05, 4.69) is 25.1 Å². The van der Waals surface area contributed by atoms with Crippen molar-refractivity contribution in [1.29, 1.82) is 0 Å². The first-order valence-corrected chi connectivity index (χ1v) is 5.77. The van der Waals surface area contributed by atoms with Gasteiger partial charge in [0.25, 0.3) is 0 Å². The smallest absolute Gasteiger partial charge is 0.0931 e. The second-order valence-electron chi connectivity index (χ2n) is 3.34. The van der Waals surface area contributed by atoms with Crippen LogP contribution in [0.2, 0.25) is 4.34 Å². The van der Waals surface area contributed by atoms with E-state index < -0.39 is 0 Å². The van der Waals surface area contributed by atoms with E-state index in [0.29, 0.717) is 12.1 Å². The van der Waals surface area contributed by atoms with E-state index in [1.165, 1.54) is 4.88 Å². The molecule has 1 aromatic rings. The van der Waals surface area contributed by atoms with Crippen molar-refractivity contribution in [3.63, 3.8) is 0 Å². The van der Waals surface area contributed by atoms with Crippen molar-refractivity contribution in [3.8, 4) is 12.3 Å². The van der Waals surface area contributed by atoms with Crippen LogP contribution in [0.4, 0.5) is 0 Å². The number of terminal acetylenes is 1. The number of nitrogens with one attached hydrogen (secondary N) is 1. The van der Waals surface area contributed by atoms with Gasteiger partial charge < -0.3 is 5.32 Å². The molecule has 0 aliphatic heterocycles. The average molecular weight is 228 g/mol. The molecule has 1 nitrogen and oxygen atoms in total. The lowest BCUT2D eigenvalue weighted by Gasteiger charge is -2.16. The largest absolute Gasteiger partial charge is 0.306 e. The molecule has 14 heavy (non-hydrogen) atoms. The molecule has 0 aliphatic rings. The molecule has 1 aromatic heterocycles. The third-order valence-electron chi connectivity index (χ3n) is 1.98. The van der Waals surface area contributed by atoms with Gasteiger partial charge in [0.2, 0.25) is 0 Å². The Morgan fingerprint density at radius 2 is 2.29 bits per heavy atom. The summed E-state index contributed by atoms with van der Waals surface area (Å²) < 4.78 is 0.832. The van der Waals surface area contributed by atoms with Crippen molar-refractivity contribution in [3.05, 3.63) is 21.3 Å². The zero-order valence-electron chi connectivity index (χ0n) is 8.38. The standard InChI is InChI=1S/C11H14ClNS/c1-4-5-8(2)13-9(3)10-6-7-11(12)14-10/h1,6-9,13H,5H2,2-3H3. The zero-order valence-corrected chi connectivity index (χ0v) is 9.95. The van der Waals surface area contributed by atoms with Crippen molar-refractivity contribution >= 4 is 22.9 Å². The normalized spacial score (nSPS) is 14.7. The minimum atomic E-state index is 0.316. The number of hydrogen-bond donors (Lipinski definition) is 1. The van der Waals surface area contributed by atoms with E-state index in [1.54, 1.807) is 11.3 Å². The molecule has 0 radical (unpaired) electrons. The highest BCUT2D eigenvalue weighted by atomic mass is 35.5. The monoisotopic (exact) mass is 227 g/mol. The molecular weight excluding hydrogens is 214 g/mol. The Kier molecular flexibility index (Phi) is 4.47. The fourth-order valence-corrected chi connectivity index (χ4v) is 2.38. The fraction of sp³-hybridized carbons (Fsp3) is 0.455. The summed E-state index contributed by atoms with van der Waals surface area (Å²) in [6.07, 6.45) is 5.99. The highest BCUT2D eigenvalue weighted by Gasteiger charge is 2.10. The summed E-state index contributed by atoms with van der Waals surface area (Å²) in [5.41, 5.74) is 0. The van der Waals surface area contributed by atoms with Crippen LogP contribution in [0.1, 0.15) is 31.2 Å². The number of thiophene rings is 1. The van der Waals surface area contributed by atoms with Gasteiger partial charge in [0.1, 0.15) is 0 Å². The summed E-state index contributed by atoms with van der Waals surface area (Å²) in [6.45, 7) is 4.21. The first-order valence-electron chi connectivity index (χ1n) is 4.58. The lowest BCUT2D eigenvalue weighted by molar-refractivity contribution is 0.491. The average Bonchev–Trinajstić information content (AvgIpc) is 2.52. The minimum absolute atomic E-state index is 0.316. The van der Waals surface area contributed by atoms with Crippen LogP contribution in [0.15, 0.2) is 12.1 Å². The van der Waals surface area contributed by atoms with Gasteiger partial charge in [-0.05, 0) is 26.0 Å². The molecule has 0 aliphatic carbocycles. The summed E-state index contributed by atoms with van der Waals surface area (Å²) in [6, 6.07) is 4.63. The maximum atomic E-state index is 5.86. The van der Waals surface area contributed by atoms with Crippen LogP contribution in [-0.4, -0.2) is 6.04 Å². The molecule has 2 unspecified atom stereocenters. The van der Waals surface area contributed by atoms with Crippen molar-refractivity contribution in [1.82, 2.24) is 5.32 Å². The summed E-state index contributed by atoms with van der Waals surface area (Å²) in [7, 11) is 0. The van der Waals surface area contributed by atoms with Gasteiger partial charge in [-0.15, -0.1) is 23.7 Å². The zero-order chi connectivity index (χ0) is 10.6. The molecule has 3 heteroatoms. The van der Waals surface area contributed by atoms with Gasteiger partial charge in [0, 0.05) is 23.4 Å². The highest BCUT2D eigenvalue weighted by molar-refractivity contribution is 7.16. The van der Waals surface area contributed by atoms with Gasteiger partial charge in [0.05, 0.1) is 4.34 Å². The Bertz CT molecular complexity index is 326. The molecule has 0 spiro atoms. The van der Waals surface area contributed by atoms with Gasteiger partial charge in [-0.1, -0.05) is 11.6 Å². The number of halogens is 1. The quantitative estimate of drug-likeness (QED) is 0.777. The second kappa shape index (κ2) is 5.41.